The Balaban J connectivity index is 0.000000379. The Kier molecular flexibility index (Phi) is 14.8. The Morgan fingerprint density at radius 1 is 0.864 bits per heavy atom. The average molecular weight is 658 g/mol. The molecule has 0 spiro atoms. The number of likely N-dealkylation sites (tertiary alicyclic amines) is 1. The zero-order valence-electron chi connectivity index (χ0n) is 23.2. The van der Waals surface area contributed by atoms with E-state index in [0.717, 1.165) is 37.6 Å². The molecule has 1 saturated carbocycles. The van der Waals surface area contributed by atoms with E-state index >= 15 is 0 Å². The van der Waals surface area contributed by atoms with Gasteiger partial charge in [0.2, 0.25) is 0 Å². The first-order chi connectivity index (χ1) is 20.1. The van der Waals surface area contributed by atoms with Gasteiger partial charge in [0.25, 0.3) is 0 Å². The SMILES string of the molecule is CN(Cc1ccncc1)C1CCC[C@@H]2CN(C3CCOC3)C[C@H]12.O=C(O)C(F)(F)F.O=C(O)C(F)(F)F.O=C(O)C(F)(F)F. The van der Waals surface area contributed by atoms with Crippen molar-refractivity contribution in [1.29, 1.82) is 0 Å². The zero-order valence-corrected chi connectivity index (χ0v) is 23.2. The number of hydrogen-bond donors (Lipinski definition) is 3. The molecule has 3 aliphatic rings. The number of pyridine rings is 1. The molecule has 1 aromatic heterocycles. The highest BCUT2D eigenvalue weighted by Gasteiger charge is 2.44. The van der Waals surface area contributed by atoms with Crippen molar-refractivity contribution in [1.82, 2.24) is 14.8 Å². The molecule has 3 N–H and O–H groups in total. The quantitative estimate of drug-likeness (QED) is 0.402. The highest BCUT2D eigenvalue weighted by atomic mass is 19.4. The van der Waals surface area contributed by atoms with Gasteiger partial charge in [0.1, 0.15) is 0 Å². The van der Waals surface area contributed by atoms with Crippen molar-refractivity contribution in [2.75, 3.05) is 33.4 Å². The summed E-state index contributed by atoms with van der Waals surface area (Å²) >= 11 is 0. The molecule has 19 heteroatoms. The van der Waals surface area contributed by atoms with Crippen LogP contribution in [0.1, 0.15) is 31.2 Å². The first-order valence-corrected chi connectivity index (χ1v) is 13.0. The number of aliphatic carboxylic acids is 3. The van der Waals surface area contributed by atoms with E-state index in [1.54, 1.807) is 0 Å². The number of hydrogen-bond acceptors (Lipinski definition) is 7. The Labute approximate surface area is 245 Å². The largest absolute Gasteiger partial charge is 0.490 e. The van der Waals surface area contributed by atoms with Crippen LogP contribution in [-0.2, 0) is 25.7 Å². The molecule has 1 aliphatic carbocycles. The van der Waals surface area contributed by atoms with E-state index in [1.165, 1.54) is 44.3 Å². The summed E-state index contributed by atoms with van der Waals surface area (Å²) in [5, 5.41) is 21.4. The lowest BCUT2D eigenvalue weighted by Crippen LogP contribution is -2.43. The molecule has 4 rings (SSSR count). The van der Waals surface area contributed by atoms with E-state index in [4.69, 9.17) is 34.4 Å². The van der Waals surface area contributed by atoms with E-state index in [9.17, 15) is 39.5 Å². The molecular weight excluding hydrogens is 625 g/mol. The summed E-state index contributed by atoms with van der Waals surface area (Å²) < 4.78 is 101. The van der Waals surface area contributed by atoms with Gasteiger partial charge in [-0.05, 0) is 55.8 Å². The van der Waals surface area contributed by atoms with E-state index < -0.39 is 36.4 Å². The summed E-state index contributed by atoms with van der Waals surface area (Å²) in [4.78, 5) is 36.2. The minimum absolute atomic E-state index is 0.687. The van der Waals surface area contributed by atoms with Gasteiger partial charge in [-0.1, -0.05) is 6.42 Å². The molecule has 2 unspecified atom stereocenters. The predicted molar refractivity (Wildman–Crippen MR) is 132 cm³/mol. The third-order valence-electron chi connectivity index (χ3n) is 6.99. The van der Waals surface area contributed by atoms with E-state index in [-0.39, 0.29) is 0 Å². The summed E-state index contributed by atoms with van der Waals surface area (Å²) in [6, 6.07) is 5.71. The fraction of sp³-hybridized carbons (Fsp3) is 0.680. The average Bonchev–Trinajstić information content (AvgIpc) is 3.59. The van der Waals surface area contributed by atoms with Gasteiger partial charge >= 0.3 is 36.4 Å². The number of carbonyl (C=O) groups is 3. The summed E-state index contributed by atoms with van der Waals surface area (Å²) in [7, 11) is 2.31. The molecular formula is C25H32F9N3O7. The minimum atomic E-state index is -5.08. The zero-order chi connectivity index (χ0) is 33.9. The predicted octanol–water partition coefficient (Wildman–Crippen LogP) is 4.30. The van der Waals surface area contributed by atoms with Crippen LogP contribution < -0.4 is 0 Å². The van der Waals surface area contributed by atoms with E-state index in [2.05, 4.69) is 34.0 Å². The second kappa shape index (κ2) is 16.8. The lowest BCUT2D eigenvalue weighted by Gasteiger charge is -2.39. The Morgan fingerprint density at radius 3 is 1.75 bits per heavy atom. The maximum Gasteiger partial charge on any atom is 0.490 e. The molecule has 2 aliphatic heterocycles. The summed E-state index contributed by atoms with van der Waals surface area (Å²) in [5.41, 5.74) is 1.38. The van der Waals surface area contributed by atoms with Gasteiger partial charge in [0.15, 0.2) is 0 Å². The molecule has 1 aromatic rings. The van der Waals surface area contributed by atoms with Crippen LogP contribution in [0.25, 0.3) is 0 Å². The summed E-state index contributed by atoms with van der Waals surface area (Å²) in [5.74, 6) is -6.53. The molecule has 0 bridgehead atoms. The Morgan fingerprint density at radius 2 is 1.34 bits per heavy atom. The van der Waals surface area contributed by atoms with Gasteiger partial charge in [0.05, 0.1) is 6.61 Å². The maximum atomic E-state index is 10.6. The normalized spacial score (nSPS) is 23.6. The lowest BCUT2D eigenvalue weighted by molar-refractivity contribution is -0.193. The summed E-state index contributed by atoms with van der Waals surface area (Å²) in [6.45, 7) is 5.55. The van der Waals surface area contributed by atoms with E-state index in [0.29, 0.717) is 6.04 Å². The smallest absolute Gasteiger partial charge is 0.475 e. The number of alkyl halides is 9. The fourth-order valence-corrected chi connectivity index (χ4v) is 5.02. The van der Waals surface area contributed by atoms with Crippen molar-refractivity contribution in [3.05, 3.63) is 30.1 Å². The number of carboxylic acids is 3. The van der Waals surface area contributed by atoms with Crippen molar-refractivity contribution >= 4 is 17.9 Å². The molecule has 0 radical (unpaired) electrons. The third kappa shape index (κ3) is 13.6. The second-order valence-electron chi connectivity index (χ2n) is 10.1. The molecule has 252 valence electrons. The number of rotatable bonds is 4. The number of aromatic nitrogens is 1. The number of fused-ring (bicyclic) bond motifs is 1. The molecule has 0 aromatic carbocycles. The number of ether oxygens (including phenoxy) is 1. The van der Waals surface area contributed by atoms with Crippen LogP contribution in [0, 0.1) is 11.8 Å². The lowest BCUT2D eigenvalue weighted by atomic mass is 9.77. The fourth-order valence-electron chi connectivity index (χ4n) is 5.02. The van der Waals surface area contributed by atoms with Gasteiger partial charge in [-0.15, -0.1) is 0 Å². The Bertz CT molecular complexity index is 993. The number of nitrogens with zero attached hydrogens (tertiary/aromatic N) is 3. The number of halogens is 9. The van der Waals surface area contributed by atoms with Crippen LogP contribution in [0.4, 0.5) is 39.5 Å². The van der Waals surface area contributed by atoms with Gasteiger partial charge in [-0.25, -0.2) is 14.4 Å². The standard InChI is InChI=1S/C19H29N3O.3C2HF3O2/c1-21(11-15-5-8-20-9-6-15)19-4-2-3-16-12-22(13-18(16)19)17-7-10-23-14-17;3*3-2(4,5)1(6)7/h5-6,8-9,16-19H,2-4,7,10-14H2,1H3;3*(H,6,7)/t16-,17?,18+,19?;;;/m1.../s1. The molecule has 4 atom stereocenters. The highest BCUT2D eigenvalue weighted by Crippen LogP contribution is 2.40. The molecule has 2 saturated heterocycles. The van der Waals surface area contributed by atoms with Gasteiger partial charge in [-0.2, -0.15) is 39.5 Å². The van der Waals surface area contributed by atoms with Crippen LogP contribution in [0.5, 0.6) is 0 Å². The first kappa shape index (κ1) is 38.8. The molecule has 0 amide bonds. The Hall–Kier alpha value is -3.19. The van der Waals surface area contributed by atoms with Crippen molar-refractivity contribution in [3.63, 3.8) is 0 Å². The first-order valence-electron chi connectivity index (χ1n) is 13.0. The third-order valence-corrected chi connectivity index (χ3v) is 6.99. The number of carboxylic acid groups (broad SMARTS) is 3. The molecule has 10 nitrogen and oxygen atoms in total. The van der Waals surface area contributed by atoms with Gasteiger partial charge < -0.3 is 20.1 Å². The molecule has 3 heterocycles. The minimum Gasteiger partial charge on any atom is -0.475 e. The van der Waals surface area contributed by atoms with Crippen LogP contribution in [0.15, 0.2) is 24.5 Å². The van der Waals surface area contributed by atoms with Crippen molar-refractivity contribution < 1.29 is 74.0 Å². The van der Waals surface area contributed by atoms with Crippen molar-refractivity contribution in [2.24, 2.45) is 11.8 Å². The van der Waals surface area contributed by atoms with Crippen LogP contribution in [0.2, 0.25) is 0 Å². The van der Waals surface area contributed by atoms with Gasteiger partial charge in [0, 0.05) is 50.7 Å². The summed E-state index contributed by atoms with van der Waals surface area (Å²) in [6.07, 6.45) is -6.03. The topological polar surface area (TPSA) is 140 Å². The van der Waals surface area contributed by atoms with Crippen molar-refractivity contribution in [3.8, 4) is 0 Å². The van der Waals surface area contributed by atoms with Crippen LogP contribution in [-0.4, -0.2) is 112 Å². The maximum absolute atomic E-state index is 10.6. The van der Waals surface area contributed by atoms with Crippen LogP contribution >= 0.6 is 0 Å². The van der Waals surface area contributed by atoms with E-state index in [1.807, 2.05) is 12.4 Å². The second-order valence-corrected chi connectivity index (χ2v) is 10.1. The van der Waals surface area contributed by atoms with Crippen molar-refractivity contribution in [2.45, 2.75) is 62.8 Å². The van der Waals surface area contributed by atoms with Crippen LogP contribution in [0.3, 0.4) is 0 Å². The monoisotopic (exact) mass is 657 g/mol. The highest BCUT2D eigenvalue weighted by molar-refractivity contribution is 5.73. The molecule has 3 fully saturated rings. The van der Waals surface area contributed by atoms with Gasteiger partial charge in [-0.3, -0.25) is 14.8 Å². The molecule has 44 heavy (non-hydrogen) atoms.